The van der Waals surface area contributed by atoms with Gasteiger partial charge >= 0.3 is 5.97 Å². The number of amides is 1. The van der Waals surface area contributed by atoms with Crippen molar-refractivity contribution in [3.63, 3.8) is 0 Å². The fourth-order valence-corrected chi connectivity index (χ4v) is 5.92. The highest BCUT2D eigenvalue weighted by Crippen LogP contribution is 2.32. The lowest BCUT2D eigenvalue weighted by molar-refractivity contribution is -0.125. The van der Waals surface area contributed by atoms with Crippen LogP contribution >= 0.6 is 0 Å². The molecule has 1 aromatic heterocycles. The number of nitrogens with one attached hydrogen (secondary N) is 1. The third kappa shape index (κ3) is 4.24. The van der Waals surface area contributed by atoms with Gasteiger partial charge < -0.3 is 14.5 Å². The lowest BCUT2D eigenvalue weighted by Gasteiger charge is -2.29. The van der Waals surface area contributed by atoms with Gasteiger partial charge in [0.2, 0.25) is 16.8 Å². The standard InChI is InChI=1S/C22H26N2O6S/c1-2-29-22(26)19-12-13-20(30-19)31(27,28)24-14-6-11-18(24)21(25)23-17-10-5-8-15-7-3-4-9-16(15)17/h3-4,7,9,12-13,17-18H,2,5-6,8,10-11,14H2,1H3,(H,23,25)/t17-,18+/m0/s1. The molecule has 31 heavy (non-hydrogen) atoms. The minimum atomic E-state index is -4.06. The largest absolute Gasteiger partial charge is 0.460 e. The number of carbonyl (C=O) groups excluding carboxylic acids is 2. The summed E-state index contributed by atoms with van der Waals surface area (Å²) in [6, 6.07) is 9.59. The third-order valence-electron chi connectivity index (χ3n) is 5.81. The molecule has 0 saturated carbocycles. The van der Waals surface area contributed by atoms with E-state index in [4.69, 9.17) is 9.15 Å². The molecule has 1 amide bonds. The van der Waals surface area contributed by atoms with Gasteiger partial charge in [0.05, 0.1) is 12.6 Å². The van der Waals surface area contributed by atoms with E-state index in [2.05, 4.69) is 11.4 Å². The molecule has 166 valence electrons. The quantitative estimate of drug-likeness (QED) is 0.684. The number of nitrogens with zero attached hydrogens (tertiary/aromatic N) is 1. The average Bonchev–Trinajstić information content (AvgIpc) is 3.45. The van der Waals surface area contributed by atoms with Gasteiger partial charge in [0.15, 0.2) is 0 Å². The second kappa shape index (κ2) is 8.84. The zero-order valence-electron chi connectivity index (χ0n) is 17.4. The summed E-state index contributed by atoms with van der Waals surface area (Å²) in [4.78, 5) is 24.9. The summed E-state index contributed by atoms with van der Waals surface area (Å²) in [6.07, 6.45) is 3.78. The number of sulfonamides is 1. The number of rotatable bonds is 6. The van der Waals surface area contributed by atoms with Crippen molar-refractivity contribution in [2.75, 3.05) is 13.2 Å². The summed E-state index contributed by atoms with van der Waals surface area (Å²) in [6.45, 7) is 2.02. The van der Waals surface area contributed by atoms with E-state index in [1.807, 2.05) is 18.2 Å². The summed E-state index contributed by atoms with van der Waals surface area (Å²) in [5.41, 5.74) is 2.32. The van der Waals surface area contributed by atoms with Crippen LogP contribution in [0.4, 0.5) is 0 Å². The van der Waals surface area contributed by atoms with E-state index in [-0.39, 0.29) is 36.0 Å². The fourth-order valence-electron chi connectivity index (χ4n) is 4.35. The van der Waals surface area contributed by atoms with E-state index in [1.165, 1.54) is 22.0 Å². The topological polar surface area (TPSA) is 106 Å². The Balaban J connectivity index is 1.51. The van der Waals surface area contributed by atoms with E-state index in [9.17, 15) is 18.0 Å². The summed E-state index contributed by atoms with van der Waals surface area (Å²) in [5.74, 6) is -1.21. The van der Waals surface area contributed by atoms with Crippen LogP contribution in [0.25, 0.3) is 0 Å². The lowest BCUT2D eigenvalue weighted by Crippen LogP contribution is -2.47. The first kappa shape index (κ1) is 21.6. The van der Waals surface area contributed by atoms with E-state index in [0.29, 0.717) is 12.8 Å². The molecule has 1 N–H and O–H groups in total. The maximum Gasteiger partial charge on any atom is 0.374 e. The van der Waals surface area contributed by atoms with Gasteiger partial charge in [-0.2, -0.15) is 4.31 Å². The number of furan rings is 1. The minimum absolute atomic E-state index is 0.123. The molecule has 1 aromatic carbocycles. The Morgan fingerprint density at radius 1 is 1.16 bits per heavy atom. The van der Waals surface area contributed by atoms with Crippen molar-refractivity contribution in [1.29, 1.82) is 0 Å². The van der Waals surface area contributed by atoms with Crippen molar-refractivity contribution in [2.45, 2.75) is 56.2 Å². The Kier molecular flexibility index (Phi) is 6.15. The summed E-state index contributed by atoms with van der Waals surface area (Å²) in [7, 11) is -4.06. The molecule has 1 fully saturated rings. The second-order valence-corrected chi connectivity index (χ2v) is 9.59. The van der Waals surface area contributed by atoms with Crippen LogP contribution in [-0.4, -0.2) is 43.8 Å². The van der Waals surface area contributed by atoms with Gasteiger partial charge in [-0.05, 0) is 62.3 Å². The molecule has 4 rings (SSSR count). The molecule has 2 aromatic rings. The van der Waals surface area contributed by atoms with Gasteiger partial charge in [-0.1, -0.05) is 24.3 Å². The first-order valence-corrected chi connectivity index (χ1v) is 12.0. The first-order chi connectivity index (χ1) is 14.9. The second-order valence-electron chi connectivity index (χ2n) is 7.77. The van der Waals surface area contributed by atoms with Crippen LogP contribution in [0.15, 0.2) is 45.9 Å². The van der Waals surface area contributed by atoms with Crippen LogP contribution in [0.2, 0.25) is 0 Å². The highest BCUT2D eigenvalue weighted by molar-refractivity contribution is 7.89. The van der Waals surface area contributed by atoms with Crippen LogP contribution in [0.1, 0.15) is 60.3 Å². The molecule has 0 bridgehead atoms. The predicted molar refractivity (Wildman–Crippen MR) is 112 cm³/mol. The van der Waals surface area contributed by atoms with E-state index >= 15 is 0 Å². The van der Waals surface area contributed by atoms with Gasteiger partial charge in [0, 0.05) is 6.54 Å². The molecular weight excluding hydrogens is 420 g/mol. The molecule has 0 radical (unpaired) electrons. The SMILES string of the molecule is CCOC(=O)c1ccc(S(=O)(=O)N2CCC[C@@H]2C(=O)N[C@H]2CCCc3ccccc32)o1. The Morgan fingerprint density at radius 2 is 1.97 bits per heavy atom. The Hall–Kier alpha value is -2.65. The van der Waals surface area contributed by atoms with Crippen molar-refractivity contribution in [1.82, 2.24) is 9.62 Å². The number of fused-ring (bicyclic) bond motifs is 1. The van der Waals surface area contributed by atoms with Gasteiger partial charge in [0.25, 0.3) is 10.0 Å². The van der Waals surface area contributed by atoms with E-state index in [1.54, 1.807) is 6.92 Å². The van der Waals surface area contributed by atoms with Crippen LogP contribution in [0, 0.1) is 0 Å². The monoisotopic (exact) mass is 446 g/mol. The smallest absolute Gasteiger partial charge is 0.374 e. The number of hydrogen-bond acceptors (Lipinski definition) is 6. The zero-order chi connectivity index (χ0) is 22.0. The van der Waals surface area contributed by atoms with Gasteiger partial charge in [-0.15, -0.1) is 0 Å². The molecule has 9 heteroatoms. The average molecular weight is 447 g/mol. The molecule has 2 atom stereocenters. The molecule has 1 aliphatic heterocycles. The Morgan fingerprint density at radius 3 is 2.77 bits per heavy atom. The summed E-state index contributed by atoms with van der Waals surface area (Å²) in [5, 5.41) is 2.70. The number of carbonyl (C=O) groups is 2. The van der Waals surface area contributed by atoms with Gasteiger partial charge in [-0.25, -0.2) is 13.2 Å². The molecule has 0 unspecified atom stereocenters. The first-order valence-electron chi connectivity index (χ1n) is 10.6. The molecule has 2 heterocycles. The minimum Gasteiger partial charge on any atom is -0.460 e. The fraction of sp³-hybridized carbons (Fsp3) is 0.455. The number of aryl methyl sites for hydroxylation is 1. The maximum absolute atomic E-state index is 13.1. The summed E-state index contributed by atoms with van der Waals surface area (Å²) >= 11 is 0. The summed E-state index contributed by atoms with van der Waals surface area (Å²) < 4.78 is 37.5. The molecule has 1 aliphatic carbocycles. The molecule has 1 saturated heterocycles. The highest BCUT2D eigenvalue weighted by atomic mass is 32.2. The van der Waals surface area contributed by atoms with Crippen molar-refractivity contribution in [3.05, 3.63) is 53.3 Å². The Labute approximate surface area is 181 Å². The van der Waals surface area contributed by atoms with Crippen LogP contribution < -0.4 is 5.32 Å². The lowest BCUT2D eigenvalue weighted by atomic mass is 9.87. The van der Waals surface area contributed by atoms with Crippen molar-refractivity contribution < 1.29 is 27.2 Å². The normalized spacial score (nSPS) is 21.5. The van der Waals surface area contributed by atoms with Crippen LogP contribution in [-0.2, 0) is 26.0 Å². The maximum atomic E-state index is 13.1. The van der Waals surface area contributed by atoms with Crippen LogP contribution in [0.5, 0.6) is 0 Å². The number of esters is 1. The highest BCUT2D eigenvalue weighted by Gasteiger charge is 2.42. The number of ether oxygens (including phenoxy) is 1. The van der Waals surface area contributed by atoms with Crippen molar-refractivity contribution >= 4 is 21.9 Å². The molecule has 8 nitrogen and oxygen atoms in total. The van der Waals surface area contributed by atoms with Gasteiger partial charge in [-0.3, -0.25) is 4.79 Å². The van der Waals surface area contributed by atoms with E-state index < -0.39 is 22.0 Å². The molecule has 2 aliphatic rings. The van der Waals surface area contributed by atoms with Crippen molar-refractivity contribution in [3.8, 4) is 0 Å². The Bertz CT molecular complexity index is 1080. The van der Waals surface area contributed by atoms with Crippen molar-refractivity contribution in [2.24, 2.45) is 0 Å². The predicted octanol–water partition coefficient (Wildman–Crippen LogP) is 2.80. The van der Waals surface area contributed by atoms with Crippen LogP contribution in [0.3, 0.4) is 0 Å². The number of hydrogen-bond donors (Lipinski definition) is 1. The molecule has 0 spiro atoms. The van der Waals surface area contributed by atoms with Gasteiger partial charge in [0.1, 0.15) is 6.04 Å². The molecular formula is C22H26N2O6S. The number of benzene rings is 1. The zero-order valence-corrected chi connectivity index (χ0v) is 18.2. The van der Waals surface area contributed by atoms with E-state index in [0.717, 1.165) is 24.8 Å². The third-order valence-corrected chi connectivity index (χ3v) is 7.60.